The van der Waals surface area contributed by atoms with Crippen LogP contribution in [-0.2, 0) is 24.4 Å². The Morgan fingerprint density at radius 3 is 2.57 bits per heavy atom. The number of carbonyl (C=O) groups excluding carboxylic acids is 3. The van der Waals surface area contributed by atoms with Gasteiger partial charge in [-0.2, -0.15) is 0 Å². The van der Waals surface area contributed by atoms with Crippen LogP contribution < -0.4 is 24.8 Å². The lowest BCUT2D eigenvalue weighted by atomic mass is 9.88. The van der Waals surface area contributed by atoms with Crippen molar-refractivity contribution in [3.63, 3.8) is 0 Å². The van der Waals surface area contributed by atoms with Crippen molar-refractivity contribution in [1.82, 2.24) is 25.2 Å². The standard InChI is InChI=1S/C35H44FN5O9S/c1-4-49-27-18-37-30(25-12-8-7-11-24(25)27)50-23-16-26-29(42)39-35(32(44)40-51(47,48)34(36)13-14-34)17-22(35)10-6-5-9-20(2)15-21(3)28(38-33(45)46)31(43)41(26)19-23/h6-8,10-12,18,20-23,26,28,38H,4-5,9,13-17,19H2,1-3H3,(H,39,42)(H,40,44)(H,45,46)/b10-6-/t20-,21-,22-,23-,26+,28+,35-/m1/s1. The van der Waals surface area contributed by atoms with Crippen LogP contribution in [0.2, 0.25) is 0 Å². The summed E-state index contributed by atoms with van der Waals surface area (Å²) in [5, 5.41) is 13.7. The number of pyridine rings is 1. The van der Waals surface area contributed by atoms with Crippen molar-refractivity contribution in [2.45, 2.75) is 94.4 Å². The van der Waals surface area contributed by atoms with E-state index in [0.717, 1.165) is 5.39 Å². The first-order valence-electron chi connectivity index (χ1n) is 17.4. The minimum absolute atomic E-state index is 0.0462. The number of aromatic nitrogens is 1. The van der Waals surface area contributed by atoms with Crippen molar-refractivity contribution in [3.8, 4) is 11.6 Å². The lowest BCUT2D eigenvalue weighted by Gasteiger charge is -2.32. The highest BCUT2D eigenvalue weighted by Gasteiger charge is 2.64. The van der Waals surface area contributed by atoms with Gasteiger partial charge >= 0.3 is 6.09 Å². The second-order valence-corrected chi connectivity index (χ2v) is 16.2. The smallest absolute Gasteiger partial charge is 0.405 e. The van der Waals surface area contributed by atoms with Crippen molar-refractivity contribution in [3.05, 3.63) is 42.6 Å². The zero-order chi connectivity index (χ0) is 36.7. The lowest BCUT2D eigenvalue weighted by Crippen LogP contribution is -2.59. The van der Waals surface area contributed by atoms with Crippen LogP contribution in [0.1, 0.15) is 65.7 Å². The molecule has 1 aromatic carbocycles. The molecule has 51 heavy (non-hydrogen) atoms. The summed E-state index contributed by atoms with van der Waals surface area (Å²) >= 11 is 0. The maximum Gasteiger partial charge on any atom is 0.405 e. The van der Waals surface area contributed by atoms with E-state index in [2.05, 4.69) is 15.6 Å². The molecule has 14 nitrogen and oxygen atoms in total. The van der Waals surface area contributed by atoms with Gasteiger partial charge < -0.3 is 30.1 Å². The van der Waals surface area contributed by atoms with Gasteiger partial charge in [0, 0.05) is 36.0 Å². The zero-order valence-corrected chi connectivity index (χ0v) is 29.6. The molecule has 0 unspecified atom stereocenters. The molecule has 3 fully saturated rings. The predicted molar refractivity (Wildman–Crippen MR) is 183 cm³/mol. The number of benzene rings is 1. The Morgan fingerprint density at radius 1 is 1.16 bits per heavy atom. The molecular formula is C35H44FN5O9S. The van der Waals surface area contributed by atoms with Gasteiger partial charge in [-0.3, -0.25) is 14.4 Å². The van der Waals surface area contributed by atoms with Crippen LogP contribution in [0.15, 0.2) is 42.6 Å². The van der Waals surface area contributed by atoms with E-state index in [1.165, 1.54) is 11.1 Å². The van der Waals surface area contributed by atoms with E-state index in [1.54, 1.807) is 13.0 Å². The second-order valence-electron chi connectivity index (χ2n) is 14.2. The molecule has 0 radical (unpaired) electrons. The third-order valence-electron chi connectivity index (χ3n) is 10.3. The Balaban J connectivity index is 1.34. The van der Waals surface area contributed by atoms with Crippen LogP contribution in [0.5, 0.6) is 11.6 Å². The number of hydrogen-bond acceptors (Lipinski definition) is 9. The van der Waals surface area contributed by atoms with Gasteiger partial charge in [0.25, 0.3) is 15.9 Å². The maximum absolute atomic E-state index is 14.7. The SMILES string of the molecule is CCOc1cnc(O[C@@H]2C[C@H]3C(=O)N[C@]4(C(=O)NS(=O)(=O)C5(F)CC5)C[C@H]4/C=C\CC[C@@H](C)C[C@@H](C)[C@H](NC(=O)O)C(=O)N3C2)c2ccccc12. The second kappa shape index (κ2) is 13.9. The fourth-order valence-electron chi connectivity index (χ4n) is 7.28. The highest BCUT2D eigenvalue weighted by atomic mass is 32.2. The van der Waals surface area contributed by atoms with Gasteiger partial charge in [0.1, 0.15) is 29.5 Å². The predicted octanol–water partition coefficient (Wildman–Crippen LogP) is 3.41. The lowest BCUT2D eigenvalue weighted by molar-refractivity contribution is -0.142. The summed E-state index contributed by atoms with van der Waals surface area (Å²) in [6, 6.07) is 4.89. The molecule has 16 heteroatoms. The quantitative estimate of drug-likeness (QED) is 0.293. The number of halogens is 1. The molecule has 2 aliphatic carbocycles. The first-order valence-corrected chi connectivity index (χ1v) is 18.9. The molecule has 2 aromatic rings. The number of allylic oxidation sites excluding steroid dienone is 1. The topological polar surface area (TPSA) is 193 Å². The summed E-state index contributed by atoms with van der Waals surface area (Å²) in [7, 11) is -4.66. The molecule has 1 aromatic heterocycles. The van der Waals surface area contributed by atoms with Crippen molar-refractivity contribution < 1.29 is 46.6 Å². The largest absolute Gasteiger partial charge is 0.492 e. The fourth-order valence-corrected chi connectivity index (χ4v) is 8.53. The van der Waals surface area contributed by atoms with Gasteiger partial charge in [0.15, 0.2) is 0 Å². The van der Waals surface area contributed by atoms with E-state index in [1.807, 2.05) is 48.9 Å². The van der Waals surface area contributed by atoms with Crippen molar-refractivity contribution in [1.29, 1.82) is 0 Å². The number of nitrogens with zero attached hydrogens (tertiary/aromatic N) is 2. The Hall–Kier alpha value is -4.47. The van der Waals surface area contributed by atoms with E-state index in [-0.39, 0.29) is 44.0 Å². The monoisotopic (exact) mass is 729 g/mol. The molecule has 1 saturated heterocycles. The Labute approximate surface area is 295 Å². The number of alkyl halides is 1. The molecule has 2 aliphatic heterocycles. The number of fused-ring (bicyclic) bond motifs is 3. The van der Waals surface area contributed by atoms with Gasteiger partial charge in [0.05, 0.1) is 19.3 Å². The molecule has 0 spiro atoms. The van der Waals surface area contributed by atoms with Crippen LogP contribution in [0.3, 0.4) is 0 Å². The van der Waals surface area contributed by atoms with E-state index in [9.17, 15) is 37.1 Å². The van der Waals surface area contributed by atoms with Crippen LogP contribution in [0.4, 0.5) is 9.18 Å². The number of sulfonamides is 1. The molecule has 4 amide bonds. The van der Waals surface area contributed by atoms with E-state index >= 15 is 0 Å². The van der Waals surface area contributed by atoms with E-state index < -0.39 is 74.4 Å². The van der Waals surface area contributed by atoms with Crippen molar-refractivity contribution >= 4 is 44.6 Å². The summed E-state index contributed by atoms with van der Waals surface area (Å²) in [5.74, 6) is -2.59. The first kappa shape index (κ1) is 36.3. The molecule has 3 heterocycles. The molecule has 4 N–H and O–H groups in total. The van der Waals surface area contributed by atoms with E-state index in [0.29, 0.717) is 37.0 Å². The minimum Gasteiger partial charge on any atom is -0.492 e. The number of nitrogens with one attached hydrogen (secondary N) is 3. The van der Waals surface area contributed by atoms with Gasteiger partial charge in [-0.25, -0.2) is 27.3 Å². The Morgan fingerprint density at radius 2 is 1.88 bits per heavy atom. The molecule has 2 saturated carbocycles. The number of hydrogen-bond donors (Lipinski definition) is 4. The highest BCUT2D eigenvalue weighted by Crippen LogP contribution is 2.48. The van der Waals surface area contributed by atoms with Crippen LogP contribution in [0.25, 0.3) is 10.8 Å². The molecule has 7 atom stereocenters. The Kier molecular flexibility index (Phi) is 9.92. The molecule has 6 rings (SSSR count). The summed E-state index contributed by atoms with van der Waals surface area (Å²) in [4.78, 5) is 59.8. The number of ether oxygens (including phenoxy) is 2. The summed E-state index contributed by atoms with van der Waals surface area (Å²) in [6.45, 7) is 5.94. The van der Waals surface area contributed by atoms with Gasteiger partial charge in [0.2, 0.25) is 22.7 Å². The number of amides is 4. The van der Waals surface area contributed by atoms with Crippen LogP contribution in [0, 0.1) is 17.8 Å². The van der Waals surface area contributed by atoms with E-state index in [4.69, 9.17) is 9.47 Å². The molecule has 0 bridgehead atoms. The van der Waals surface area contributed by atoms with Crippen molar-refractivity contribution in [2.24, 2.45) is 17.8 Å². The van der Waals surface area contributed by atoms with Crippen LogP contribution in [-0.4, -0.2) is 89.1 Å². The number of rotatable bonds is 8. The molecular weight excluding hydrogens is 685 g/mol. The van der Waals surface area contributed by atoms with Gasteiger partial charge in [-0.15, -0.1) is 0 Å². The normalized spacial score (nSPS) is 31.2. The average Bonchev–Trinajstić information content (AvgIpc) is 3.96. The van der Waals surface area contributed by atoms with Crippen LogP contribution >= 0.6 is 0 Å². The summed E-state index contributed by atoms with van der Waals surface area (Å²) < 4.78 is 54.1. The number of carboxylic acid groups (broad SMARTS) is 1. The maximum atomic E-state index is 14.7. The molecule has 4 aliphatic rings. The highest BCUT2D eigenvalue weighted by molar-refractivity contribution is 7.91. The molecule has 276 valence electrons. The third-order valence-corrected chi connectivity index (χ3v) is 12.2. The zero-order valence-electron chi connectivity index (χ0n) is 28.8. The average molecular weight is 730 g/mol. The Bertz CT molecular complexity index is 1850. The fraction of sp³-hybridized carbons (Fsp3) is 0.571. The minimum atomic E-state index is -4.66. The third kappa shape index (κ3) is 7.32. The first-order chi connectivity index (χ1) is 24.2. The number of carbonyl (C=O) groups is 4. The van der Waals surface area contributed by atoms with Gasteiger partial charge in [-0.1, -0.05) is 44.2 Å². The van der Waals surface area contributed by atoms with Crippen molar-refractivity contribution in [2.75, 3.05) is 13.2 Å². The van der Waals surface area contributed by atoms with Gasteiger partial charge in [-0.05, 0) is 50.5 Å². The summed E-state index contributed by atoms with van der Waals surface area (Å²) in [6.07, 6.45) is 4.31. The summed E-state index contributed by atoms with van der Waals surface area (Å²) in [5.41, 5.74) is -1.70.